The van der Waals surface area contributed by atoms with E-state index in [1.54, 1.807) is 0 Å². The molecule has 1 saturated heterocycles. The number of nitrogens with one attached hydrogen (secondary N) is 1. The number of imidazole rings is 1. The van der Waals surface area contributed by atoms with Gasteiger partial charge < -0.3 is 9.88 Å². The number of hydrogen-bond acceptors (Lipinski definition) is 2. The van der Waals surface area contributed by atoms with Crippen LogP contribution in [0.2, 0.25) is 0 Å². The molecule has 2 heterocycles. The summed E-state index contributed by atoms with van der Waals surface area (Å²) >= 11 is 0. The molecule has 5 heteroatoms. The van der Waals surface area contributed by atoms with Crippen LogP contribution in [0.15, 0.2) is 12.5 Å². The van der Waals surface area contributed by atoms with Crippen molar-refractivity contribution in [2.75, 3.05) is 13.1 Å². The number of aromatic nitrogens is 2. The van der Waals surface area contributed by atoms with E-state index in [0.717, 1.165) is 13.1 Å². The highest BCUT2D eigenvalue weighted by molar-refractivity contribution is 5.85. The molecule has 1 aromatic rings. The second kappa shape index (κ2) is 5.47. The first-order valence-corrected chi connectivity index (χ1v) is 4.05. The van der Waals surface area contributed by atoms with Gasteiger partial charge in [0.15, 0.2) is 0 Å². The third-order valence-corrected chi connectivity index (χ3v) is 2.20. The Labute approximate surface area is 90.7 Å². The van der Waals surface area contributed by atoms with E-state index in [4.69, 9.17) is 0 Å². The van der Waals surface area contributed by atoms with Gasteiger partial charge in [0, 0.05) is 25.7 Å². The molecule has 0 bridgehead atoms. The van der Waals surface area contributed by atoms with E-state index in [1.807, 2.05) is 17.9 Å². The van der Waals surface area contributed by atoms with E-state index in [0.29, 0.717) is 5.92 Å². The summed E-state index contributed by atoms with van der Waals surface area (Å²) in [6.07, 6.45) is 5.21. The minimum Gasteiger partial charge on any atom is -0.340 e. The Bertz CT molecular complexity index is 243. The van der Waals surface area contributed by atoms with Gasteiger partial charge in [0.2, 0.25) is 0 Å². The molecule has 1 aliphatic heterocycles. The van der Waals surface area contributed by atoms with Gasteiger partial charge in [-0.2, -0.15) is 0 Å². The zero-order valence-electron chi connectivity index (χ0n) is 7.56. The first-order chi connectivity index (χ1) is 5.36. The van der Waals surface area contributed by atoms with Crippen molar-refractivity contribution < 1.29 is 0 Å². The van der Waals surface area contributed by atoms with Gasteiger partial charge in [-0.05, 0) is 13.0 Å². The van der Waals surface area contributed by atoms with Gasteiger partial charge in [-0.1, -0.05) is 0 Å². The van der Waals surface area contributed by atoms with Gasteiger partial charge >= 0.3 is 0 Å². The maximum atomic E-state index is 4.32. The molecule has 1 fully saturated rings. The van der Waals surface area contributed by atoms with Crippen molar-refractivity contribution in [1.29, 1.82) is 0 Å². The smallest absolute Gasteiger partial charge is 0.0946 e. The van der Waals surface area contributed by atoms with Gasteiger partial charge in [-0.3, -0.25) is 0 Å². The Morgan fingerprint density at radius 1 is 1.54 bits per heavy atom. The fourth-order valence-corrected chi connectivity index (χ4v) is 1.55. The first kappa shape index (κ1) is 12.8. The van der Waals surface area contributed by atoms with Crippen LogP contribution in [0.5, 0.6) is 0 Å². The molecular formula is C8H15Cl2N3. The van der Waals surface area contributed by atoms with Crippen LogP contribution < -0.4 is 5.32 Å². The molecular weight excluding hydrogens is 209 g/mol. The molecule has 13 heavy (non-hydrogen) atoms. The second-order valence-corrected chi connectivity index (χ2v) is 3.15. The lowest BCUT2D eigenvalue weighted by atomic mass is 10.1. The van der Waals surface area contributed by atoms with Crippen LogP contribution in [0.3, 0.4) is 0 Å². The average molecular weight is 224 g/mol. The Morgan fingerprint density at radius 3 is 2.77 bits per heavy atom. The Kier molecular flexibility index (Phi) is 5.37. The normalized spacial score (nSPS) is 20.5. The van der Waals surface area contributed by atoms with E-state index in [9.17, 15) is 0 Å². The summed E-state index contributed by atoms with van der Waals surface area (Å²) in [5, 5.41) is 3.33. The Hall–Kier alpha value is -0.250. The van der Waals surface area contributed by atoms with Crippen LogP contribution in [0, 0.1) is 0 Å². The number of nitrogens with zero attached hydrogens (tertiary/aromatic N) is 2. The largest absolute Gasteiger partial charge is 0.340 e. The van der Waals surface area contributed by atoms with Gasteiger partial charge in [0.25, 0.3) is 0 Å². The van der Waals surface area contributed by atoms with Crippen molar-refractivity contribution in [3.05, 3.63) is 18.2 Å². The zero-order chi connectivity index (χ0) is 7.68. The number of hydrogen-bond donors (Lipinski definition) is 1. The van der Waals surface area contributed by atoms with Crippen LogP contribution in [-0.4, -0.2) is 22.6 Å². The van der Waals surface area contributed by atoms with Crippen molar-refractivity contribution in [2.45, 2.75) is 12.3 Å². The lowest BCUT2D eigenvalue weighted by Crippen LogP contribution is -2.08. The van der Waals surface area contributed by atoms with Gasteiger partial charge in [0.1, 0.15) is 0 Å². The lowest BCUT2D eigenvalue weighted by molar-refractivity contribution is 0.739. The highest BCUT2D eigenvalue weighted by atomic mass is 35.5. The predicted molar refractivity (Wildman–Crippen MR) is 57.9 cm³/mol. The minimum absolute atomic E-state index is 0. The number of aryl methyl sites for hydroxylation is 1. The van der Waals surface area contributed by atoms with E-state index < -0.39 is 0 Å². The van der Waals surface area contributed by atoms with Crippen molar-refractivity contribution in [1.82, 2.24) is 14.9 Å². The molecule has 1 aliphatic rings. The van der Waals surface area contributed by atoms with Crippen LogP contribution in [0.4, 0.5) is 0 Å². The molecule has 0 aromatic carbocycles. The quantitative estimate of drug-likeness (QED) is 0.780. The van der Waals surface area contributed by atoms with Crippen molar-refractivity contribution in [3.63, 3.8) is 0 Å². The number of rotatable bonds is 1. The van der Waals surface area contributed by atoms with Gasteiger partial charge in [0.05, 0.1) is 12.0 Å². The predicted octanol–water partition coefficient (Wildman–Crippen LogP) is 1.34. The van der Waals surface area contributed by atoms with E-state index >= 15 is 0 Å². The summed E-state index contributed by atoms with van der Waals surface area (Å²) in [4.78, 5) is 4.32. The summed E-state index contributed by atoms with van der Waals surface area (Å²) in [7, 11) is 2.01. The Balaban J connectivity index is 0.000000720. The molecule has 0 saturated carbocycles. The fourth-order valence-electron chi connectivity index (χ4n) is 1.55. The third kappa shape index (κ3) is 2.86. The highest BCUT2D eigenvalue weighted by Crippen LogP contribution is 2.19. The summed E-state index contributed by atoms with van der Waals surface area (Å²) in [6.45, 7) is 2.23. The summed E-state index contributed by atoms with van der Waals surface area (Å²) in [6, 6.07) is 0. The van der Waals surface area contributed by atoms with Crippen molar-refractivity contribution >= 4 is 24.8 Å². The maximum absolute atomic E-state index is 4.32. The molecule has 0 amide bonds. The molecule has 0 aliphatic carbocycles. The molecule has 1 unspecified atom stereocenters. The molecule has 0 radical (unpaired) electrons. The van der Waals surface area contributed by atoms with Crippen molar-refractivity contribution in [3.8, 4) is 0 Å². The molecule has 2 rings (SSSR count). The molecule has 3 nitrogen and oxygen atoms in total. The average Bonchev–Trinajstić information content (AvgIpc) is 2.55. The molecule has 76 valence electrons. The summed E-state index contributed by atoms with van der Waals surface area (Å²) < 4.78 is 2.01. The monoisotopic (exact) mass is 223 g/mol. The molecule has 1 N–H and O–H groups in total. The van der Waals surface area contributed by atoms with Gasteiger partial charge in [-0.15, -0.1) is 24.8 Å². The minimum atomic E-state index is 0. The first-order valence-electron chi connectivity index (χ1n) is 4.05. The maximum Gasteiger partial charge on any atom is 0.0946 e. The highest BCUT2D eigenvalue weighted by Gasteiger charge is 2.17. The standard InChI is InChI=1S/C8H13N3.2ClH/c1-11-5-8(10-6-11)7-2-3-9-4-7;;/h5-7,9H,2-4H2,1H3;2*1H. The zero-order valence-corrected chi connectivity index (χ0v) is 9.20. The van der Waals surface area contributed by atoms with Crippen molar-refractivity contribution in [2.24, 2.45) is 7.05 Å². The molecule has 1 atom stereocenters. The lowest BCUT2D eigenvalue weighted by Gasteiger charge is -2.01. The fraction of sp³-hybridized carbons (Fsp3) is 0.625. The third-order valence-electron chi connectivity index (χ3n) is 2.20. The molecule has 0 spiro atoms. The topological polar surface area (TPSA) is 29.9 Å². The molecule has 1 aromatic heterocycles. The SMILES string of the molecule is Cl.Cl.Cn1cnc(C2CCNC2)c1. The van der Waals surface area contributed by atoms with Crippen LogP contribution in [0.25, 0.3) is 0 Å². The van der Waals surface area contributed by atoms with E-state index in [2.05, 4.69) is 16.5 Å². The van der Waals surface area contributed by atoms with E-state index in [1.165, 1.54) is 12.1 Å². The second-order valence-electron chi connectivity index (χ2n) is 3.15. The van der Waals surface area contributed by atoms with Crippen LogP contribution in [-0.2, 0) is 7.05 Å². The summed E-state index contributed by atoms with van der Waals surface area (Å²) in [5.41, 5.74) is 1.23. The van der Waals surface area contributed by atoms with E-state index in [-0.39, 0.29) is 24.8 Å². The Morgan fingerprint density at radius 2 is 2.31 bits per heavy atom. The summed E-state index contributed by atoms with van der Waals surface area (Å²) in [5.74, 6) is 0.649. The van der Waals surface area contributed by atoms with Crippen LogP contribution >= 0.6 is 24.8 Å². The van der Waals surface area contributed by atoms with Gasteiger partial charge in [-0.25, -0.2) is 4.98 Å². The van der Waals surface area contributed by atoms with Crippen LogP contribution in [0.1, 0.15) is 18.0 Å². The number of halogens is 2.